The van der Waals surface area contributed by atoms with Gasteiger partial charge in [0.25, 0.3) is 5.91 Å². The highest BCUT2D eigenvalue weighted by molar-refractivity contribution is 5.97. The molecule has 2 aromatic heterocycles. The summed E-state index contributed by atoms with van der Waals surface area (Å²) in [7, 11) is 3.14. The number of nitrogens with one attached hydrogen (secondary N) is 1. The molecule has 1 atom stereocenters. The van der Waals surface area contributed by atoms with Crippen LogP contribution in [0.25, 0.3) is 11.2 Å². The Kier molecular flexibility index (Phi) is 4.62. The van der Waals surface area contributed by atoms with Gasteiger partial charge in [-0.25, -0.2) is 9.97 Å². The summed E-state index contributed by atoms with van der Waals surface area (Å²) < 4.78 is 10.6. The van der Waals surface area contributed by atoms with Crippen LogP contribution in [-0.4, -0.2) is 58.3 Å². The van der Waals surface area contributed by atoms with Crippen molar-refractivity contribution >= 4 is 17.1 Å². The number of benzene rings is 1. The predicted molar refractivity (Wildman–Crippen MR) is 99.1 cm³/mol. The number of carbonyl (C=O) groups excluding carboxylic acids is 1. The van der Waals surface area contributed by atoms with Gasteiger partial charge in [-0.3, -0.25) is 9.89 Å². The number of aromatic amines is 1. The number of likely N-dealkylation sites (tertiary alicyclic amines) is 1. The molecule has 3 heterocycles. The highest BCUT2D eigenvalue weighted by atomic mass is 16.5. The molecule has 1 saturated heterocycles. The smallest absolute Gasteiger partial charge is 0.257 e. The number of methoxy groups -OCH3 is 2. The highest BCUT2D eigenvalue weighted by Gasteiger charge is 2.29. The molecule has 1 fully saturated rings. The van der Waals surface area contributed by atoms with Gasteiger partial charge in [-0.15, -0.1) is 0 Å². The largest absolute Gasteiger partial charge is 0.497 e. The van der Waals surface area contributed by atoms with Crippen molar-refractivity contribution in [1.29, 1.82) is 0 Å². The van der Waals surface area contributed by atoms with Crippen LogP contribution in [0.4, 0.5) is 0 Å². The first-order chi connectivity index (χ1) is 13.2. The van der Waals surface area contributed by atoms with E-state index in [1.807, 2.05) is 4.90 Å². The van der Waals surface area contributed by atoms with Crippen LogP contribution >= 0.6 is 0 Å². The Morgan fingerprint density at radius 2 is 2.07 bits per heavy atom. The van der Waals surface area contributed by atoms with Crippen LogP contribution in [0.1, 0.15) is 34.8 Å². The zero-order valence-corrected chi connectivity index (χ0v) is 15.3. The second kappa shape index (κ2) is 7.22. The monoisotopic (exact) mass is 367 g/mol. The van der Waals surface area contributed by atoms with Crippen molar-refractivity contribution in [2.45, 2.75) is 18.8 Å². The minimum absolute atomic E-state index is 0.0645. The number of hydrogen-bond acceptors (Lipinski definition) is 6. The van der Waals surface area contributed by atoms with Gasteiger partial charge in [0.2, 0.25) is 0 Å². The van der Waals surface area contributed by atoms with Gasteiger partial charge in [0.15, 0.2) is 5.65 Å². The number of nitrogens with zero attached hydrogens (tertiary/aromatic N) is 4. The average molecular weight is 367 g/mol. The predicted octanol–water partition coefficient (Wildman–Crippen LogP) is 2.39. The first-order valence-electron chi connectivity index (χ1n) is 8.87. The van der Waals surface area contributed by atoms with E-state index in [9.17, 15) is 4.79 Å². The summed E-state index contributed by atoms with van der Waals surface area (Å²) in [6.07, 6.45) is 5.16. The summed E-state index contributed by atoms with van der Waals surface area (Å²) in [5.41, 5.74) is 2.82. The van der Waals surface area contributed by atoms with Crippen molar-refractivity contribution in [3.8, 4) is 11.5 Å². The fourth-order valence-electron chi connectivity index (χ4n) is 3.60. The molecule has 8 nitrogen and oxygen atoms in total. The van der Waals surface area contributed by atoms with E-state index in [1.54, 1.807) is 44.8 Å². The lowest BCUT2D eigenvalue weighted by atomic mass is 9.93. The van der Waals surface area contributed by atoms with Crippen LogP contribution in [-0.2, 0) is 0 Å². The molecule has 4 rings (SSSR count). The molecule has 0 aliphatic carbocycles. The third-order valence-electron chi connectivity index (χ3n) is 4.97. The van der Waals surface area contributed by atoms with Gasteiger partial charge in [-0.2, -0.15) is 5.10 Å². The number of piperidine rings is 1. The molecule has 1 N–H and O–H groups in total. The second-order valence-corrected chi connectivity index (χ2v) is 6.52. The number of carbonyl (C=O) groups is 1. The lowest BCUT2D eigenvalue weighted by molar-refractivity contribution is 0.0702. The molecule has 27 heavy (non-hydrogen) atoms. The maximum absolute atomic E-state index is 13.2. The van der Waals surface area contributed by atoms with E-state index in [1.165, 1.54) is 0 Å². The molecule has 0 saturated carbocycles. The Balaban J connectivity index is 1.61. The zero-order valence-electron chi connectivity index (χ0n) is 15.3. The molecule has 1 amide bonds. The summed E-state index contributed by atoms with van der Waals surface area (Å²) in [5, 5.41) is 7.30. The number of H-pyrrole nitrogens is 1. The van der Waals surface area contributed by atoms with Crippen LogP contribution in [0.15, 0.2) is 30.6 Å². The molecule has 0 unspecified atom stereocenters. The summed E-state index contributed by atoms with van der Waals surface area (Å²) in [5.74, 6) is 1.25. The maximum Gasteiger partial charge on any atom is 0.257 e. The highest BCUT2D eigenvalue weighted by Crippen LogP contribution is 2.31. The fraction of sp³-hybridized carbons (Fsp3) is 0.368. The van der Waals surface area contributed by atoms with Crippen LogP contribution in [0.5, 0.6) is 11.5 Å². The van der Waals surface area contributed by atoms with Gasteiger partial charge in [0.1, 0.15) is 17.0 Å². The summed E-state index contributed by atoms with van der Waals surface area (Å²) in [4.78, 5) is 23.6. The van der Waals surface area contributed by atoms with E-state index in [4.69, 9.17) is 9.47 Å². The molecule has 8 heteroatoms. The van der Waals surface area contributed by atoms with E-state index in [-0.39, 0.29) is 11.8 Å². The molecule has 0 spiro atoms. The number of aromatic nitrogens is 4. The normalized spacial score (nSPS) is 17.1. The van der Waals surface area contributed by atoms with E-state index in [0.717, 1.165) is 24.1 Å². The van der Waals surface area contributed by atoms with Crippen molar-refractivity contribution in [3.05, 3.63) is 41.9 Å². The van der Waals surface area contributed by atoms with E-state index in [2.05, 4.69) is 20.2 Å². The second-order valence-electron chi connectivity index (χ2n) is 6.52. The van der Waals surface area contributed by atoms with E-state index >= 15 is 0 Å². The third kappa shape index (κ3) is 3.18. The first kappa shape index (κ1) is 17.3. The van der Waals surface area contributed by atoms with Crippen molar-refractivity contribution in [1.82, 2.24) is 25.1 Å². The molecule has 1 aliphatic heterocycles. The minimum Gasteiger partial charge on any atom is -0.497 e. The number of amides is 1. The Hall–Kier alpha value is -3.16. The summed E-state index contributed by atoms with van der Waals surface area (Å²) in [6.45, 7) is 1.29. The maximum atomic E-state index is 13.2. The minimum atomic E-state index is -0.0645. The van der Waals surface area contributed by atoms with Crippen LogP contribution in [0.3, 0.4) is 0 Å². The quantitative estimate of drug-likeness (QED) is 0.761. The SMILES string of the molecule is COc1ccc(OC)c(C(=O)N2CCC[C@H](c3[nH]nc4nccnc34)C2)c1. The molecular weight excluding hydrogens is 346 g/mol. The first-order valence-corrected chi connectivity index (χ1v) is 8.87. The topological polar surface area (TPSA) is 93.2 Å². The lowest BCUT2D eigenvalue weighted by Gasteiger charge is -2.32. The molecular formula is C19H21N5O3. The summed E-state index contributed by atoms with van der Waals surface area (Å²) >= 11 is 0. The van der Waals surface area contributed by atoms with E-state index < -0.39 is 0 Å². The molecule has 140 valence electrons. The fourth-order valence-corrected chi connectivity index (χ4v) is 3.60. The van der Waals surface area contributed by atoms with Crippen LogP contribution < -0.4 is 9.47 Å². The van der Waals surface area contributed by atoms with Gasteiger partial charge < -0.3 is 14.4 Å². The third-order valence-corrected chi connectivity index (χ3v) is 4.97. The van der Waals surface area contributed by atoms with Crippen molar-refractivity contribution in [2.75, 3.05) is 27.3 Å². The number of rotatable bonds is 4. The van der Waals surface area contributed by atoms with E-state index in [0.29, 0.717) is 35.8 Å². The van der Waals surface area contributed by atoms with Crippen LogP contribution in [0, 0.1) is 0 Å². The van der Waals surface area contributed by atoms with Gasteiger partial charge in [0, 0.05) is 31.4 Å². The van der Waals surface area contributed by atoms with Crippen molar-refractivity contribution in [2.24, 2.45) is 0 Å². The average Bonchev–Trinajstić information content (AvgIpc) is 3.17. The molecule has 1 aromatic carbocycles. The van der Waals surface area contributed by atoms with Gasteiger partial charge >= 0.3 is 0 Å². The molecule has 1 aliphatic rings. The van der Waals surface area contributed by atoms with Gasteiger partial charge in [-0.1, -0.05) is 0 Å². The Morgan fingerprint density at radius 1 is 1.22 bits per heavy atom. The summed E-state index contributed by atoms with van der Waals surface area (Å²) in [6, 6.07) is 5.26. The Labute approximate surface area is 156 Å². The molecule has 3 aromatic rings. The zero-order chi connectivity index (χ0) is 18.8. The number of fused-ring (bicyclic) bond motifs is 1. The number of hydrogen-bond donors (Lipinski definition) is 1. The van der Waals surface area contributed by atoms with Crippen molar-refractivity contribution < 1.29 is 14.3 Å². The standard InChI is InChI=1S/C19H21N5O3/c1-26-13-5-6-15(27-2)14(10-13)19(25)24-9-3-4-12(11-24)16-17-18(23-22-16)21-8-7-20-17/h5-8,10,12H,3-4,9,11H2,1-2H3,(H,21,22,23)/t12-/m0/s1. The van der Waals surface area contributed by atoms with Gasteiger partial charge in [0.05, 0.1) is 25.5 Å². The Morgan fingerprint density at radius 3 is 2.89 bits per heavy atom. The van der Waals surface area contributed by atoms with Crippen molar-refractivity contribution in [3.63, 3.8) is 0 Å². The van der Waals surface area contributed by atoms with Gasteiger partial charge in [-0.05, 0) is 31.0 Å². The number of ether oxygens (including phenoxy) is 2. The Bertz CT molecular complexity index is 971. The molecule has 0 radical (unpaired) electrons. The lowest BCUT2D eigenvalue weighted by Crippen LogP contribution is -2.39. The molecule has 0 bridgehead atoms. The van der Waals surface area contributed by atoms with Crippen LogP contribution in [0.2, 0.25) is 0 Å².